The maximum absolute atomic E-state index is 12.2. The lowest BCUT2D eigenvalue weighted by molar-refractivity contribution is 0.158. The molecule has 1 atom stereocenters. The molecule has 1 N–H and O–H groups in total. The Labute approximate surface area is 136 Å². The number of anilines is 1. The minimum absolute atomic E-state index is 0.103. The van der Waals surface area contributed by atoms with Gasteiger partial charge in [0.1, 0.15) is 0 Å². The van der Waals surface area contributed by atoms with Crippen LogP contribution in [0.3, 0.4) is 0 Å². The predicted molar refractivity (Wildman–Crippen MR) is 90.6 cm³/mol. The summed E-state index contributed by atoms with van der Waals surface area (Å²) >= 11 is 0. The third-order valence-electron chi connectivity index (χ3n) is 4.38. The van der Waals surface area contributed by atoms with E-state index in [9.17, 15) is 9.90 Å². The molecule has 2 aromatic rings. The molecule has 0 amide bonds. The Kier molecular flexibility index (Phi) is 5.08. The third kappa shape index (κ3) is 3.99. The molecule has 0 aliphatic carbocycles. The summed E-state index contributed by atoms with van der Waals surface area (Å²) in [5.41, 5.74) is 1.67. The molecule has 0 saturated carbocycles. The third-order valence-corrected chi connectivity index (χ3v) is 4.38. The van der Waals surface area contributed by atoms with Crippen molar-refractivity contribution in [2.75, 3.05) is 18.0 Å². The van der Waals surface area contributed by atoms with Gasteiger partial charge in [0.25, 0.3) is 5.56 Å². The van der Waals surface area contributed by atoms with E-state index in [1.807, 2.05) is 30.3 Å². The fourth-order valence-electron chi connectivity index (χ4n) is 3.00. The number of hydrogen-bond donors (Lipinski definition) is 1. The SMILES string of the molecule is O=c1cc(N2CCCCC2)cnn1CC[C@@H](O)c1ccccc1. The van der Waals surface area contributed by atoms with Gasteiger partial charge >= 0.3 is 0 Å². The predicted octanol–water partition coefficient (Wildman–Crippen LogP) is 2.36. The van der Waals surface area contributed by atoms with Crippen molar-refractivity contribution in [2.24, 2.45) is 0 Å². The number of aliphatic hydroxyl groups excluding tert-OH is 1. The topological polar surface area (TPSA) is 58.4 Å². The van der Waals surface area contributed by atoms with Crippen LogP contribution in [0.15, 0.2) is 47.4 Å². The monoisotopic (exact) mass is 313 g/mol. The zero-order valence-corrected chi connectivity index (χ0v) is 13.3. The van der Waals surface area contributed by atoms with E-state index in [4.69, 9.17) is 0 Å². The van der Waals surface area contributed by atoms with Gasteiger partial charge in [0.05, 0.1) is 18.0 Å². The molecule has 2 heterocycles. The van der Waals surface area contributed by atoms with Crippen LogP contribution >= 0.6 is 0 Å². The van der Waals surface area contributed by atoms with Crippen molar-refractivity contribution in [3.63, 3.8) is 0 Å². The highest BCUT2D eigenvalue weighted by molar-refractivity contribution is 5.43. The van der Waals surface area contributed by atoms with Crippen LogP contribution in [0.1, 0.15) is 37.4 Å². The highest BCUT2D eigenvalue weighted by Crippen LogP contribution is 2.18. The molecule has 0 unspecified atom stereocenters. The quantitative estimate of drug-likeness (QED) is 0.920. The molecule has 1 aromatic heterocycles. The summed E-state index contributed by atoms with van der Waals surface area (Å²) in [4.78, 5) is 14.4. The average molecular weight is 313 g/mol. The Bertz CT molecular complexity index is 678. The van der Waals surface area contributed by atoms with Crippen molar-refractivity contribution in [3.05, 3.63) is 58.5 Å². The van der Waals surface area contributed by atoms with Gasteiger partial charge in [-0.15, -0.1) is 0 Å². The summed E-state index contributed by atoms with van der Waals surface area (Å²) < 4.78 is 1.43. The second-order valence-corrected chi connectivity index (χ2v) is 6.04. The molecule has 1 fully saturated rings. The molecule has 1 aliphatic heterocycles. The Balaban J connectivity index is 1.63. The van der Waals surface area contributed by atoms with E-state index in [0.29, 0.717) is 13.0 Å². The van der Waals surface area contributed by atoms with Gasteiger partial charge < -0.3 is 10.0 Å². The van der Waals surface area contributed by atoms with Gasteiger partial charge in [-0.05, 0) is 31.2 Å². The number of nitrogens with zero attached hydrogens (tertiary/aromatic N) is 3. The second kappa shape index (κ2) is 7.42. The van der Waals surface area contributed by atoms with Crippen molar-refractivity contribution < 1.29 is 5.11 Å². The zero-order chi connectivity index (χ0) is 16.1. The smallest absolute Gasteiger partial charge is 0.268 e. The van der Waals surface area contributed by atoms with Gasteiger partial charge in [0.2, 0.25) is 0 Å². The molecule has 5 heteroatoms. The molecule has 5 nitrogen and oxygen atoms in total. The fourth-order valence-corrected chi connectivity index (χ4v) is 3.00. The summed E-state index contributed by atoms with van der Waals surface area (Å²) in [6.45, 7) is 2.41. The number of benzene rings is 1. The number of piperidine rings is 1. The average Bonchev–Trinajstić information content (AvgIpc) is 2.62. The van der Waals surface area contributed by atoms with Gasteiger partial charge in [-0.25, -0.2) is 4.68 Å². The summed E-state index contributed by atoms with van der Waals surface area (Å²) in [6.07, 6.45) is 5.27. The minimum atomic E-state index is -0.577. The molecule has 23 heavy (non-hydrogen) atoms. The van der Waals surface area contributed by atoms with E-state index in [2.05, 4.69) is 10.00 Å². The first kappa shape index (κ1) is 15.7. The van der Waals surface area contributed by atoms with Crippen molar-refractivity contribution >= 4 is 5.69 Å². The first-order chi connectivity index (χ1) is 11.2. The first-order valence-corrected chi connectivity index (χ1v) is 8.29. The van der Waals surface area contributed by atoms with Crippen LogP contribution in [-0.2, 0) is 6.54 Å². The molecule has 0 bridgehead atoms. The summed E-state index contributed by atoms with van der Waals surface area (Å²) in [7, 11) is 0. The van der Waals surface area contributed by atoms with Crippen LogP contribution in [0.2, 0.25) is 0 Å². The van der Waals surface area contributed by atoms with Gasteiger partial charge in [-0.2, -0.15) is 5.10 Å². The molecule has 1 aliphatic rings. The molecule has 122 valence electrons. The van der Waals surface area contributed by atoms with Crippen LogP contribution in [-0.4, -0.2) is 28.0 Å². The summed E-state index contributed by atoms with van der Waals surface area (Å²) in [5.74, 6) is 0. The maximum atomic E-state index is 12.2. The van der Waals surface area contributed by atoms with Crippen LogP contribution in [0.4, 0.5) is 5.69 Å². The standard InChI is InChI=1S/C18H23N3O2/c22-17(15-7-3-1-4-8-15)9-12-21-18(23)13-16(14-19-21)20-10-5-2-6-11-20/h1,3-4,7-8,13-14,17,22H,2,5-6,9-12H2/t17-/m1/s1. The van der Waals surface area contributed by atoms with Crippen molar-refractivity contribution in [1.29, 1.82) is 0 Å². The van der Waals surface area contributed by atoms with Gasteiger partial charge in [0, 0.05) is 25.7 Å². The lowest BCUT2D eigenvalue weighted by Gasteiger charge is -2.28. The molecule has 3 rings (SSSR count). The van der Waals surface area contributed by atoms with Crippen molar-refractivity contribution in [2.45, 2.75) is 38.3 Å². The lowest BCUT2D eigenvalue weighted by Crippen LogP contribution is -2.32. The summed E-state index contributed by atoms with van der Waals surface area (Å²) in [6, 6.07) is 11.2. The lowest BCUT2D eigenvalue weighted by atomic mass is 10.1. The van der Waals surface area contributed by atoms with Crippen LogP contribution in [0.25, 0.3) is 0 Å². The number of aliphatic hydroxyl groups is 1. The number of aromatic nitrogens is 2. The van der Waals surface area contributed by atoms with Crippen LogP contribution in [0, 0.1) is 0 Å². The van der Waals surface area contributed by atoms with E-state index < -0.39 is 6.10 Å². The molecule has 0 radical (unpaired) electrons. The largest absolute Gasteiger partial charge is 0.388 e. The zero-order valence-electron chi connectivity index (χ0n) is 13.3. The Hall–Kier alpha value is -2.14. The fraction of sp³-hybridized carbons (Fsp3) is 0.444. The highest BCUT2D eigenvalue weighted by atomic mass is 16.3. The molecule has 1 saturated heterocycles. The Morgan fingerprint density at radius 2 is 1.87 bits per heavy atom. The van der Waals surface area contributed by atoms with Gasteiger partial charge in [-0.1, -0.05) is 30.3 Å². The normalized spacial score (nSPS) is 16.3. The second-order valence-electron chi connectivity index (χ2n) is 6.04. The molecular formula is C18H23N3O2. The Morgan fingerprint density at radius 1 is 1.13 bits per heavy atom. The number of hydrogen-bond acceptors (Lipinski definition) is 4. The van der Waals surface area contributed by atoms with E-state index in [-0.39, 0.29) is 5.56 Å². The molecule has 0 spiro atoms. The van der Waals surface area contributed by atoms with E-state index in [1.165, 1.54) is 23.9 Å². The Morgan fingerprint density at radius 3 is 2.57 bits per heavy atom. The number of rotatable bonds is 5. The maximum Gasteiger partial charge on any atom is 0.268 e. The van der Waals surface area contributed by atoms with E-state index >= 15 is 0 Å². The minimum Gasteiger partial charge on any atom is -0.388 e. The highest BCUT2D eigenvalue weighted by Gasteiger charge is 2.13. The number of aryl methyl sites for hydroxylation is 1. The van der Waals surface area contributed by atoms with Crippen molar-refractivity contribution in [3.8, 4) is 0 Å². The molecular weight excluding hydrogens is 290 g/mol. The van der Waals surface area contributed by atoms with Crippen molar-refractivity contribution in [1.82, 2.24) is 9.78 Å². The van der Waals surface area contributed by atoms with Gasteiger partial charge in [0.15, 0.2) is 0 Å². The molecule has 1 aromatic carbocycles. The van der Waals surface area contributed by atoms with E-state index in [1.54, 1.807) is 12.3 Å². The first-order valence-electron chi connectivity index (χ1n) is 8.29. The van der Waals surface area contributed by atoms with Crippen LogP contribution in [0.5, 0.6) is 0 Å². The van der Waals surface area contributed by atoms with Gasteiger partial charge in [-0.3, -0.25) is 4.79 Å². The van der Waals surface area contributed by atoms with E-state index in [0.717, 1.165) is 24.3 Å². The summed E-state index contributed by atoms with van der Waals surface area (Å²) in [5, 5.41) is 14.5. The van der Waals surface area contributed by atoms with Crippen LogP contribution < -0.4 is 10.5 Å².